The maximum atomic E-state index is 5.44. The Balaban J connectivity index is 1.27. The maximum Gasteiger partial charge on any atom is 0.162 e. The Morgan fingerprint density at radius 1 is 0.333 bits per heavy atom. The smallest absolute Gasteiger partial charge is 0.162 e. The summed E-state index contributed by atoms with van der Waals surface area (Å²) in [5, 5.41) is 12.5. The molecule has 0 unspecified atom stereocenters. The van der Waals surface area contributed by atoms with Crippen LogP contribution in [0.1, 0.15) is 0 Å². The van der Waals surface area contributed by atoms with E-state index in [2.05, 4.69) is 191 Å². The largest absolute Gasteiger partial charge is 0.309 e. The SMILES string of the molecule is c1ccc(-c2cc(-n3c4ccccc4c4c5c6ccccc6c6cccc7c6c5c(cc43)n7-c3ccccc3)nc(-c3ccc4ccccc4c3)n2)cc1. The fraction of sp³-hybridized carbons (Fsp3) is 0. The molecule has 0 bridgehead atoms. The van der Waals surface area contributed by atoms with Crippen LogP contribution in [-0.4, -0.2) is 19.1 Å². The van der Waals surface area contributed by atoms with Gasteiger partial charge in [-0.2, -0.15) is 0 Å². The molecule has 250 valence electrons. The number of para-hydroxylation sites is 2. The standard InChI is InChI=1S/C50H30N4/c1-3-15-32(16-4-1)40-29-45(52-50(51-40)34-27-26-31-14-7-8-17-33(31)28-34)54-41-24-12-11-22-39(41)47-43(54)30-44-49-46-37(36-20-9-10-21-38(36)48(47)49)23-13-25-42(46)53(44)35-18-5-2-6-19-35/h1-30H. The minimum Gasteiger partial charge on any atom is -0.309 e. The zero-order chi connectivity index (χ0) is 35.3. The number of nitrogens with zero attached hydrogens (tertiary/aromatic N) is 4. The molecule has 0 aliphatic carbocycles. The maximum absolute atomic E-state index is 5.44. The summed E-state index contributed by atoms with van der Waals surface area (Å²) in [5.74, 6) is 1.52. The van der Waals surface area contributed by atoms with E-state index < -0.39 is 0 Å². The molecule has 54 heavy (non-hydrogen) atoms. The molecular weight excluding hydrogens is 657 g/mol. The van der Waals surface area contributed by atoms with Gasteiger partial charge >= 0.3 is 0 Å². The molecule has 0 saturated carbocycles. The molecule has 0 saturated heterocycles. The Morgan fingerprint density at radius 3 is 1.81 bits per heavy atom. The molecule has 3 aromatic heterocycles. The van der Waals surface area contributed by atoms with Crippen LogP contribution in [0, 0.1) is 0 Å². The molecule has 0 atom stereocenters. The molecule has 0 amide bonds. The first kappa shape index (κ1) is 29.3. The van der Waals surface area contributed by atoms with Crippen LogP contribution in [0.3, 0.4) is 0 Å². The van der Waals surface area contributed by atoms with Crippen molar-refractivity contribution < 1.29 is 0 Å². The number of aromatic nitrogens is 4. The average molecular weight is 687 g/mol. The monoisotopic (exact) mass is 686 g/mol. The molecule has 4 heteroatoms. The van der Waals surface area contributed by atoms with Gasteiger partial charge in [0.05, 0.1) is 27.8 Å². The van der Waals surface area contributed by atoms with Crippen LogP contribution in [0.15, 0.2) is 182 Å². The third kappa shape index (κ3) is 4.08. The van der Waals surface area contributed by atoms with Gasteiger partial charge in [-0.05, 0) is 63.3 Å². The lowest BCUT2D eigenvalue weighted by atomic mass is 9.92. The molecule has 3 heterocycles. The lowest BCUT2D eigenvalue weighted by Gasteiger charge is -2.14. The normalized spacial score (nSPS) is 12.1. The van der Waals surface area contributed by atoms with Crippen molar-refractivity contribution >= 4 is 75.9 Å². The first-order chi connectivity index (χ1) is 26.8. The fourth-order valence-electron chi connectivity index (χ4n) is 8.96. The van der Waals surface area contributed by atoms with Crippen LogP contribution < -0.4 is 0 Å². The summed E-state index contributed by atoms with van der Waals surface area (Å²) in [6.45, 7) is 0. The third-order valence-electron chi connectivity index (χ3n) is 11.2. The van der Waals surface area contributed by atoms with Crippen LogP contribution in [0.5, 0.6) is 0 Å². The number of benzene rings is 9. The highest BCUT2D eigenvalue weighted by Gasteiger charge is 2.25. The van der Waals surface area contributed by atoms with E-state index >= 15 is 0 Å². The van der Waals surface area contributed by atoms with Crippen molar-refractivity contribution in [1.29, 1.82) is 0 Å². The molecular formula is C50H30N4. The van der Waals surface area contributed by atoms with E-state index in [1.807, 2.05) is 0 Å². The summed E-state index contributed by atoms with van der Waals surface area (Å²) in [6, 6.07) is 65.2. The van der Waals surface area contributed by atoms with Crippen LogP contribution in [0.2, 0.25) is 0 Å². The van der Waals surface area contributed by atoms with E-state index in [0.29, 0.717) is 5.82 Å². The first-order valence-corrected chi connectivity index (χ1v) is 18.4. The van der Waals surface area contributed by atoms with Gasteiger partial charge in [0.25, 0.3) is 0 Å². The van der Waals surface area contributed by atoms with Crippen molar-refractivity contribution in [2.24, 2.45) is 0 Å². The second kappa shape index (κ2) is 11.1. The minimum atomic E-state index is 0.693. The quantitative estimate of drug-likeness (QED) is 0.173. The second-order valence-electron chi connectivity index (χ2n) is 14.2. The van der Waals surface area contributed by atoms with Crippen LogP contribution in [-0.2, 0) is 0 Å². The number of hydrogen-bond donors (Lipinski definition) is 0. The molecule has 9 aromatic carbocycles. The second-order valence-corrected chi connectivity index (χ2v) is 14.2. The Bertz CT molecular complexity index is 3430. The van der Waals surface area contributed by atoms with Gasteiger partial charge in [-0.15, -0.1) is 0 Å². The van der Waals surface area contributed by atoms with Crippen LogP contribution in [0.4, 0.5) is 0 Å². The molecule has 12 rings (SSSR count). The number of rotatable bonds is 4. The van der Waals surface area contributed by atoms with Crippen molar-refractivity contribution in [3.63, 3.8) is 0 Å². The number of fused-ring (bicyclic) bond motifs is 8. The van der Waals surface area contributed by atoms with Gasteiger partial charge in [0, 0.05) is 49.8 Å². The minimum absolute atomic E-state index is 0.693. The average Bonchev–Trinajstić information content (AvgIpc) is 3.76. The highest BCUT2D eigenvalue weighted by atomic mass is 15.1. The zero-order valence-electron chi connectivity index (χ0n) is 29.1. The van der Waals surface area contributed by atoms with Crippen molar-refractivity contribution in [2.45, 2.75) is 0 Å². The van der Waals surface area contributed by atoms with E-state index in [1.54, 1.807) is 0 Å². The van der Waals surface area contributed by atoms with Gasteiger partial charge in [0.1, 0.15) is 5.82 Å². The summed E-state index contributed by atoms with van der Waals surface area (Å²) in [6.07, 6.45) is 0. The van der Waals surface area contributed by atoms with Crippen molar-refractivity contribution in [2.75, 3.05) is 0 Å². The molecule has 0 radical (unpaired) electrons. The van der Waals surface area contributed by atoms with Gasteiger partial charge in [0.15, 0.2) is 5.82 Å². The molecule has 4 nitrogen and oxygen atoms in total. The van der Waals surface area contributed by atoms with Crippen LogP contribution >= 0.6 is 0 Å². The van der Waals surface area contributed by atoms with Crippen LogP contribution in [0.25, 0.3) is 110 Å². The van der Waals surface area contributed by atoms with Crippen molar-refractivity contribution in [3.05, 3.63) is 182 Å². The Kier molecular flexibility index (Phi) is 6.02. The van der Waals surface area contributed by atoms with Gasteiger partial charge < -0.3 is 4.57 Å². The zero-order valence-corrected chi connectivity index (χ0v) is 29.1. The lowest BCUT2D eigenvalue weighted by Crippen LogP contribution is -2.03. The van der Waals surface area contributed by atoms with Gasteiger partial charge in [0.2, 0.25) is 0 Å². The fourth-order valence-corrected chi connectivity index (χ4v) is 8.96. The molecule has 0 fully saturated rings. The highest BCUT2D eigenvalue weighted by molar-refractivity contribution is 6.41. The molecule has 0 spiro atoms. The Labute approximate surface area is 310 Å². The molecule has 0 N–H and O–H groups in total. The summed E-state index contributed by atoms with van der Waals surface area (Å²) >= 11 is 0. The highest BCUT2D eigenvalue weighted by Crippen LogP contribution is 2.49. The predicted molar refractivity (Wildman–Crippen MR) is 225 cm³/mol. The van der Waals surface area contributed by atoms with E-state index in [-0.39, 0.29) is 0 Å². The van der Waals surface area contributed by atoms with Crippen molar-refractivity contribution in [1.82, 2.24) is 19.1 Å². The predicted octanol–water partition coefficient (Wildman–Crippen LogP) is 12.9. The van der Waals surface area contributed by atoms with E-state index in [0.717, 1.165) is 44.7 Å². The first-order valence-electron chi connectivity index (χ1n) is 18.4. The third-order valence-corrected chi connectivity index (χ3v) is 11.2. The number of hydrogen-bond acceptors (Lipinski definition) is 2. The summed E-state index contributed by atoms with van der Waals surface area (Å²) in [5.41, 5.74) is 8.66. The van der Waals surface area contributed by atoms with E-state index in [1.165, 1.54) is 59.5 Å². The Morgan fingerprint density at radius 2 is 0.963 bits per heavy atom. The van der Waals surface area contributed by atoms with Gasteiger partial charge in [-0.25, -0.2) is 9.97 Å². The topological polar surface area (TPSA) is 35.6 Å². The summed E-state index contributed by atoms with van der Waals surface area (Å²) in [4.78, 5) is 10.7. The molecule has 0 aliphatic heterocycles. The van der Waals surface area contributed by atoms with Crippen molar-refractivity contribution in [3.8, 4) is 34.2 Å². The Hall–Kier alpha value is -7.30. The lowest BCUT2D eigenvalue weighted by molar-refractivity contribution is 1.05. The summed E-state index contributed by atoms with van der Waals surface area (Å²) < 4.78 is 4.81. The summed E-state index contributed by atoms with van der Waals surface area (Å²) in [7, 11) is 0. The van der Waals surface area contributed by atoms with E-state index in [4.69, 9.17) is 9.97 Å². The van der Waals surface area contributed by atoms with E-state index in [9.17, 15) is 0 Å². The molecule has 12 aromatic rings. The van der Waals surface area contributed by atoms with Gasteiger partial charge in [-0.3, -0.25) is 4.57 Å². The van der Waals surface area contributed by atoms with Gasteiger partial charge in [-0.1, -0.05) is 140 Å². The molecule has 0 aliphatic rings.